The molecule has 1 atom stereocenters. The van der Waals surface area contributed by atoms with E-state index in [-0.39, 0.29) is 0 Å². The summed E-state index contributed by atoms with van der Waals surface area (Å²) in [5, 5.41) is 4.90. The summed E-state index contributed by atoms with van der Waals surface area (Å²) in [4.78, 5) is 22.1. The Morgan fingerprint density at radius 2 is 1.86 bits per heavy atom. The molecule has 0 aromatic carbocycles. The third kappa shape index (κ3) is 5.14. The monoisotopic (exact) mass is 494 g/mol. The molecule has 0 amide bonds. The highest BCUT2D eigenvalue weighted by atomic mass is 32.1. The Morgan fingerprint density at radius 3 is 2.63 bits per heavy atom. The van der Waals surface area contributed by atoms with Gasteiger partial charge in [0.1, 0.15) is 22.3 Å². The lowest BCUT2D eigenvalue weighted by Gasteiger charge is -2.27. The molecular formula is C26H34N6O2S. The molecule has 3 aliphatic rings. The first-order valence-electron chi connectivity index (χ1n) is 12.9. The molecule has 2 saturated heterocycles. The van der Waals surface area contributed by atoms with E-state index in [4.69, 9.17) is 24.4 Å². The molecule has 1 N–H and O–H groups in total. The zero-order chi connectivity index (χ0) is 23.6. The minimum Gasteiger partial charge on any atom is -0.379 e. The van der Waals surface area contributed by atoms with E-state index >= 15 is 0 Å². The predicted molar refractivity (Wildman–Crippen MR) is 139 cm³/mol. The number of morpholine rings is 2. The zero-order valence-electron chi connectivity index (χ0n) is 20.5. The topological polar surface area (TPSA) is 75.6 Å². The number of rotatable bonds is 6. The van der Waals surface area contributed by atoms with Gasteiger partial charge in [0.05, 0.1) is 38.4 Å². The highest BCUT2D eigenvalue weighted by Gasteiger charge is 2.24. The Bertz CT molecular complexity index is 1150. The van der Waals surface area contributed by atoms with Crippen LogP contribution >= 0.6 is 11.3 Å². The molecule has 9 heteroatoms. The van der Waals surface area contributed by atoms with Crippen LogP contribution in [0.15, 0.2) is 18.3 Å². The third-order valence-corrected chi connectivity index (χ3v) is 8.42. The van der Waals surface area contributed by atoms with Crippen LogP contribution in [0.3, 0.4) is 0 Å². The van der Waals surface area contributed by atoms with Crippen molar-refractivity contribution in [1.29, 1.82) is 0 Å². The number of nitrogens with zero attached hydrogens (tertiary/aromatic N) is 5. The van der Waals surface area contributed by atoms with Crippen molar-refractivity contribution in [2.24, 2.45) is 5.92 Å². The van der Waals surface area contributed by atoms with E-state index in [0.29, 0.717) is 6.54 Å². The summed E-state index contributed by atoms with van der Waals surface area (Å²) in [5.41, 5.74) is 2.62. The Hall–Kier alpha value is -2.33. The summed E-state index contributed by atoms with van der Waals surface area (Å²) >= 11 is 1.87. The second-order valence-electron chi connectivity index (χ2n) is 9.89. The van der Waals surface area contributed by atoms with Crippen molar-refractivity contribution in [2.45, 2.75) is 39.3 Å². The fraction of sp³-hybridized carbons (Fsp3) is 0.577. The predicted octanol–water partition coefficient (Wildman–Crippen LogP) is 3.49. The Labute approximate surface area is 210 Å². The molecule has 186 valence electrons. The van der Waals surface area contributed by atoms with Gasteiger partial charge in [-0.15, -0.1) is 11.3 Å². The number of anilines is 2. The van der Waals surface area contributed by atoms with Crippen molar-refractivity contribution in [3.8, 4) is 0 Å². The fourth-order valence-electron chi connectivity index (χ4n) is 5.23. The van der Waals surface area contributed by atoms with Crippen LogP contribution in [-0.2, 0) is 35.4 Å². The molecule has 1 aliphatic carbocycles. The number of fused-ring (bicyclic) bond motifs is 3. The molecule has 0 bridgehead atoms. The van der Waals surface area contributed by atoms with Gasteiger partial charge in [-0.1, -0.05) is 13.0 Å². The van der Waals surface area contributed by atoms with Crippen LogP contribution in [0, 0.1) is 5.92 Å². The minimum atomic E-state index is 0.695. The third-order valence-electron chi connectivity index (χ3n) is 7.27. The van der Waals surface area contributed by atoms with Gasteiger partial charge in [-0.3, -0.25) is 4.90 Å². The maximum absolute atomic E-state index is 5.52. The van der Waals surface area contributed by atoms with Gasteiger partial charge in [-0.2, -0.15) is 0 Å². The molecule has 6 rings (SSSR count). The van der Waals surface area contributed by atoms with Gasteiger partial charge in [-0.05, 0) is 42.4 Å². The summed E-state index contributed by atoms with van der Waals surface area (Å²) in [6.45, 7) is 10.6. The second-order valence-corrected chi connectivity index (χ2v) is 11.0. The lowest BCUT2D eigenvalue weighted by atomic mass is 9.89. The number of aromatic nitrogens is 3. The molecule has 3 aromatic rings. The smallest absolute Gasteiger partial charge is 0.146 e. The molecule has 0 saturated carbocycles. The first-order chi connectivity index (χ1) is 17.2. The van der Waals surface area contributed by atoms with Crippen molar-refractivity contribution < 1.29 is 9.47 Å². The Morgan fingerprint density at radius 1 is 1.06 bits per heavy atom. The fourth-order valence-corrected chi connectivity index (χ4v) is 6.63. The van der Waals surface area contributed by atoms with Crippen LogP contribution in [-0.4, -0.2) is 72.5 Å². The standard InChI is InChI=1S/C26H34N6O2S/c1-18-2-4-20-21(14-18)35-26-24(20)25(29-22(30-26)17-31-6-10-33-11-7-31)28-16-19-3-5-23(27-15-19)32-8-12-34-13-9-32/h3,5,15,18H,2,4,6-14,16-17H2,1H3,(H,28,29,30). The Balaban J connectivity index is 1.25. The van der Waals surface area contributed by atoms with Crippen molar-refractivity contribution in [3.63, 3.8) is 0 Å². The number of pyridine rings is 1. The van der Waals surface area contributed by atoms with E-state index in [2.05, 4.69) is 34.2 Å². The Kier molecular flexibility index (Phi) is 6.82. The van der Waals surface area contributed by atoms with Gasteiger partial charge in [0.25, 0.3) is 0 Å². The molecule has 35 heavy (non-hydrogen) atoms. The highest BCUT2D eigenvalue weighted by molar-refractivity contribution is 7.19. The van der Waals surface area contributed by atoms with Crippen LogP contribution in [0.1, 0.15) is 35.2 Å². The van der Waals surface area contributed by atoms with Gasteiger partial charge in [-0.25, -0.2) is 15.0 Å². The molecule has 3 aromatic heterocycles. The SMILES string of the molecule is CC1CCc2c(sc3nc(CN4CCOCC4)nc(NCc4ccc(N5CCOCC5)nc4)c23)C1. The summed E-state index contributed by atoms with van der Waals surface area (Å²) < 4.78 is 11.0. The van der Waals surface area contributed by atoms with Crippen LogP contribution in [0.25, 0.3) is 10.2 Å². The number of thiophene rings is 1. The largest absolute Gasteiger partial charge is 0.379 e. The van der Waals surface area contributed by atoms with E-state index in [1.54, 1.807) is 0 Å². The van der Waals surface area contributed by atoms with Gasteiger partial charge >= 0.3 is 0 Å². The van der Waals surface area contributed by atoms with E-state index in [0.717, 1.165) is 106 Å². The second kappa shape index (κ2) is 10.3. The van der Waals surface area contributed by atoms with Crippen molar-refractivity contribution in [1.82, 2.24) is 19.9 Å². The molecule has 1 unspecified atom stereocenters. The van der Waals surface area contributed by atoms with Gasteiger partial charge < -0.3 is 19.7 Å². The first-order valence-corrected chi connectivity index (χ1v) is 13.7. The average molecular weight is 495 g/mol. The van der Waals surface area contributed by atoms with E-state index < -0.39 is 0 Å². The molecular weight excluding hydrogens is 460 g/mol. The maximum atomic E-state index is 5.52. The van der Waals surface area contributed by atoms with Crippen LogP contribution in [0.4, 0.5) is 11.6 Å². The maximum Gasteiger partial charge on any atom is 0.146 e. The molecule has 5 heterocycles. The number of hydrogen-bond acceptors (Lipinski definition) is 9. The summed E-state index contributed by atoms with van der Waals surface area (Å²) in [5.74, 6) is 3.64. The van der Waals surface area contributed by atoms with E-state index in [1.807, 2.05) is 17.5 Å². The molecule has 8 nitrogen and oxygen atoms in total. The van der Waals surface area contributed by atoms with Crippen molar-refractivity contribution >= 4 is 33.2 Å². The summed E-state index contributed by atoms with van der Waals surface area (Å²) in [6, 6.07) is 4.29. The molecule has 0 spiro atoms. The lowest BCUT2D eigenvalue weighted by molar-refractivity contribution is 0.0331. The average Bonchev–Trinajstić information content (AvgIpc) is 3.26. The van der Waals surface area contributed by atoms with Crippen LogP contribution in [0.5, 0.6) is 0 Å². The number of aryl methyl sites for hydroxylation is 1. The van der Waals surface area contributed by atoms with Crippen molar-refractivity contribution in [3.05, 3.63) is 40.2 Å². The van der Waals surface area contributed by atoms with Crippen molar-refractivity contribution in [2.75, 3.05) is 62.8 Å². The van der Waals surface area contributed by atoms with E-state index in [9.17, 15) is 0 Å². The van der Waals surface area contributed by atoms with E-state index in [1.165, 1.54) is 22.2 Å². The first kappa shape index (κ1) is 23.1. The summed E-state index contributed by atoms with van der Waals surface area (Å²) in [7, 11) is 0. The normalized spacial score (nSPS) is 21.3. The lowest BCUT2D eigenvalue weighted by Crippen LogP contribution is -2.36. The van der Waals surface area contributed by atoms with Gasteiger partial charge in [0, 0.05) is 43.8 Å². The number of ether oxygens (including phenoxy) is 2. The van der Waals surface area contributed by atoms with Gasteiger partial charge in [0.15, 0.2) is 0 Å². The van der Waals surface area contributed by atoms with Crippen LogP contribution < -0.4 is 10.2 Å². The van der Waals surface area contributed by atoms with Gasteiger partial charge in [0.2, 0.25) is 0 Å². The molecule has 2 fully saturated rings. The minimum absolute atomic E-state index is 0.695. The van der Waals surface area contributed by atoms with Crippen LogP contribution in [0.2, 0.25) is 0 Å². The molecule has 2 aliphatic heterocycles. The molecule has 0 radical (unpaired) electrons. The quantitative estimate of drug-likeness (QED) is 0.558. The number of nitrogens with one attached hydrogen (secondary N) is 1. The zero-order valence-corrected chi connectivity index (χ0v) is 21.3. The number of hydrogen-bond donors (Lipinski definition) is 1. The highest BCUT2D eigenvalue weighted by Crippen LogP contribution is 2.40. The summed E-state index contributed by atoms with van der Waals surface area (Å²) in [6.07, 6.45) is 5.49.